The van der Waals surface area contributed by atoms with Crippen molar-refractivity contribution in [2.75, 3.05) is 6.61 Å². The highest BCUT2D eigenvalue weighted by Crippen LogP contribution is 2.28. The van der Waals surface area contributed by atoms with Crippen molar-refractivity contribution in [1.82, 2.24) is 0 Å². The summed E-state index contributed by atoms with van der Waals surface area (Å²) in [6.07, 6.45) is 0. The number of ether oxygens (including phenoxy) is 1. The van der Waals surface area contributed by atoms with Crippen LogP contribution in [0.4, 0.5) is 0 Å². The Balaban J connectivity index is 2.99. The molecule has 98 valence electrons. The number of ketones is 1. The Bertz CT molecular complexity index is 442. The number of hydrogen-bond donors (Lipinski definition) is 0. The van der Waals surface area contributed by atoms with Crippen LogP contribution in [-0.4, -0.2) is 18.4 Å². The molecule has 0 aliphatic carbocycles. The predicted octanol–water partition coefficient (Wildman–Crippen LogP) is 3.21. The first-order valence-electron chi connectivity index (χ1n) is 5.90. The zero-order valence-electron chi connectivity index (χ0n) is 10.8. The molecular weight excluding hydrogens is 252 g/mol. The first-order valence-corrected chi connectivity index (χ1v) is 6.27. The molecule has 0 aliphatic heterocycles. The summed E-state index contributed by atoms with van der Waals surface area (Å²) in [6.45, 7) is 5.22. The Labute approximate surface area is 112 Å². The third kappa shape index (κ3) is 3.57. The van der Waals surface area contributed by atoms with Crippen LogP contribution in [0.3, 0.4) is 0 Å². The first-order chi connectivity index (χ1) is 8.47. The van der Waals surface area contributed by atoms with Gasteiger partial charge in [-0.1, -0.05) is 30.7 Å². The van der Waals surface area contributed by atoms with Crippen LogP contribution in [0.25, 0.3) is 0 Å². The van der Waals surface area contributed by atoms with E-state index in [0.29, 0.717) is 5.02 Å². The lowest BCUT2D eigenvalue weighted by Gasteiger charge is -2.20. The van der Waals surface area contributed by atoms with Crippen LogP contribution in [0.2, 0.25) is 5.02 Å². The van der Waals surface area contributed by atoms with Crippen LogP contribution >= 0.6 is 11.6 Å². The fraction of sp³-hybridized carbons (Fsp3) is 0.429. The molecule has 0 N–H and O–H groups in total. The molecule has 3 nitrogen and oxygen atoms in total. The summed E-state index contributed by atoms with van der Waals surface area (Å²) in [5.41, 5.74) is 0.857. The van der Waals surface area contributed by atoms with E-state index in [-0.39, 0.29) is 18.3 Å². The van der Waals surface area contributed by atoms with E-state index in [2.05, 4.69) is 0 Å². The molecule has 1 rings (SSSR count). The van der Waals surface area contributed by atoms with Gasteiger partial charge in [0.05, 0.1) is 6.61 Å². The minimum atomic E-state index is -0.775. The van der Waals surface area contributed by atoms with E-state index in [4.69, 9.17) is 16.3 Å². The van der Waals surface area contributed by atoms with Gasteiger partial charge in [0.25, 0.3) is 0 Å². The molecule has 0 radical (unpaired) electrons. The molecule has 0 heterocycles. The largest absolute Gasteiger partial charge is 0.465 e. The fourth-order valence-corrected chi connectivity index (χ4v) is 2.14. The maximum Gasteiger partial charge on any atom is 0.317 e. The lowest BCUT2D eigenvalue weighted by atomic mass is 9.85. The van der Waals surface area contributed by atoms with Gasteiger partial charge in [0.1, 0.15) is 11.7 Å². The summed E-state index contributed by atoms with van der Waals surface area (Å²) in [5, 5.41) is 0.588. The van der Waals surface area contributed by atoms with E-state index in [1.165, 1.54) is 6.92 Å². The van der Waals surface area contributed by atoms with Crippen molar-refractivity contribution in [3.63, 3.8) is 0 Å². The van der Waals surface area contributed by atoms with Gasteiger partial charge in [0, 0.05) is 10.9 Å². The van der Waals surface area contributed by atoms with E-state index in [0.717, 1.165) is 5.56 Å². The molecule has 1 aromatic carbocycles. The predicted molar refractivity (Wildman–Crippen MR) is 70.7 cm³/mol. The van der Waals surface area contributed by atoms with Gasteiger partial charge in [-0.25, -0.2) is 0 Å². The van der Waals surface area contributed by atoms with Crippen LogP contribution in [0.1, 0.15) is 32.3 Å². The second-order valence-corrected chi connectivity index (χ2v) is 4.62. The van der Waals surface area contributed by atoms with Crippen molar-refractivity contribution in [3.8, 4) is 0 Å². The van der Waals surface area contributed by atoms with Crippen LogP contribution in [-0.2, 0) is 14.3 Å². The number of Topliss-reactive ketones (excluding diaryl/α,β-unsaturated/α-hetero) is 1. The van der Waals surface area contributed by atoms with Gasteiger partial charge in [-0.3, -0.25) is 9.59 Å². The van der Waals surface area contributed by atoms with Gasteiger partial charge >= 0.3 is 5.97 Å². The standard InChI is InChI=1S/C14H17ClO3/c1-4-18-14(17)13(10(3)16)9(2)11-6-5-7-12(15)8-11/h5-9,13H,4H2,1-3H3. The van der Waals surface area contributed by atoms with Crippen LogP contribution < -0.4 is 0 Å². The van der Waals surface area contributed by atoms with Crippen molar-refractivity contribution in [2.45, 2.75) is 26.7 Å². The number of halogens is 1. The molecule has 0 saturated heterocycles. The molecular formula is C14H17ClO3. The lowest BCUT2D eigenvalue weighted by Crippen LogP contribution is -2.29. The Kier molecular flexibility index (Phi) is 5.35. The van der Waals surface area contributed by atoms with Crippen molar-refractivity contribution >= 4 is 23.4 Å². The minimum absolute atomic E-state index is 0.194. The molecule has 0 aliphatic rings. The fourth-order valence-electron chi connectivity index (χ4n) is 1.94. The van der Waals surface area contributed by atoms with Gasteiger partial charge in [0.2, 0.25) is 0 Å². The van der Waals surface area contributed by atoms with Gasteiger partial charge in [-0.05, 0) is 31.5 Å². The van der Waals surface area contributed by atoms with E-state index in [9.17, 15) is 9.59 Å². The van der Waals surface area contributed by atoms with Gasteiger partial charge in [-0.2, -0.15) is 0 Å². The number of carbonyl (C=O) groups is 2. The number of benzene rings is 1. The maximum absolute atomic E-state index is 11.8. The highest BCUT2D eigenvalue weighted by Gasteiger charge is 2.31. The van der Waals surface area contributed by atoms with Crippen molar-refractivity contribution in [2.24, 2.45) is 5.92 Å². The molecule has 0 saturated carbocycles. The Morgan fingerprint density at radius 2 is 2.06 bits per heavy atom. The zero-order valence-corrected chi connectivity index (χ0v) is 11.5. The van der Waals surface area contributed by atoms with Crippen LogP contribution in [0.15, 0.2) is 24.3 Å². The molecule has 1 aromatic rings. The molecule has 0 fully saturated rings. The molecule has 0 aromatic heterocycles. The first kappa shape index (κ1) is 14.7. The van der Waals surface area contributed by atoms with Crippen molar-refractivity contribution in [1.29, 1.82) is 0 Å². The molecule has 2 unspecified atom stereocenters. The molecule has 0 amide bonds. The lowest BCUT2D eigenvalue weighted by molar-refractivity contribution is -0.151. The Morgan fingerprint density at radius 1 is 1.39 bits per heavy atom. The molecule has 18 heavy (non-hydrogen) atoms. The highest BCUT2D eigenvalue weighted by atomic mass is 35.5. The SMILES string of the molecule is CCOC(=O)C(C(C)=O)C(C)c1cccc(Cl)c1. The molecule has 2 atom stereocenters. The normalized spacial score (nSPS) is 13.8. The number of hydrogen-bond acceptors (Lipinski definition) is 3. The molecule has 0 bridgehead atoms. The number of rotatable bonds is 5. The smallest absolute Gasteiger partial charge is 0.317 e. The van der Waals surface area contributed by atoms with Gasteiger partial charge in [0.15, 0.2) is 0 Å². The highest BCUT2D eigenvalue weighted by molar-refractivity contribution is 6.30. The molecule has 4 heteroatoms. The summed E-state index contributed by atoms with van der Waals surface area (Å²) >= 11 is 5.91. The van der Waals surface area contributed by atoms with Crippen LogP contribution in [0.5, 0.6) is 0 Å². The van der Waals surface area contributed by atoms with Crippen molar-refractivity contribution in [3.05, 3.63) is 34.9 Å². The third-order valence-electron chi connectivity index (χ3n) is 2.85. The van der Waals surface area contributed by atoms with Gasteiger partial charge in [-0.15, -0.1) is 0 Å². The second kappa shape index (κ2) is 6.55. The molecule has 0 spiro atoms. The summed E-state index contributed by atoms with van der Waals surface area (Å²) < 4.78 is 4.95. The van der Waals surface area contributed by atoms with Crippen molar-refractivity contribution < 1.29 is 14.3 Å². The Hall–Kier alpha value is -1.35. The van der Waals surface area contributed by atoms with E-state index in [1.54, 1.807) is 25.1 Å². The third-order valence-corrected chi connectivity index (χ3v) is 3.09. The zero-order chi connectivity index (χ0) is 13.7. The topological polar surface area (TPSA) is 43.4 Å². The van der Waals surface area contributed by atoms with E-state index in [1.807, 2.05) is 13.0 Å². The van der Waals surface area contributed by atoms with E-state index < -0.39 is 11.9 Å². The summed E-state index contributed by atoms with van der Waals surface area (Å²) in [6, 6.07) is 7.18. The maximum atomic E-state index is 11.8. The summed E-state index contributed by atoms with van der Waals surface area (Å²) in [4.78, 5) is 23.4. The second-order valence-electron chi connectivity index (χ2n) is 4.18. The Morgan fingerprint density at radius 3 is 2.56 bits per heavy atom. The monoisotopic (exact) mass is 268 g/mol. The summed E-state index contributed by atoms with van der Waals surface area (Å²) in [5.74, 6) is -1.69. The number of carbonyl (C=O) groups excluding carboxylic acids is 2. The van der Waals surface area contributed by atoms with Crippen LogP contribution in [0, 0.1) is 5.92 Å². The quantitative estimate of drug-likeness (QED) is 0.608. The number of esters is 1. The van der Waals surface area contributed by atoms with E-state index >= 15 is 0 Å². The summed E-state index contributed by atoms with van der Waals surface area (Å²) in [7, 11) is 0. The minimum Gasteiger partial charge on any atom is -0.465 e. The average Bonchev–Trinajstić information content (AvgIpc) is 2.28. The van der Waals surface area contributed by atoms with Gasteiger partial charge < -0.3 is 4.74 Å². The average molecular weight is 269 g/mol.